The summed E-state index contributed by atoms with van der Waals surface area (Å²) in [4.78, 5) is 6.29. The smallest absolute Gasteiger partial charge is 0.163 e. The predicted octanol–water partition coefficient (Wildman–Crippen LogP) is 2.31. The summed E-state index contributed by atoms with van der Waals surface area (Å²) >= 11 is 0. The van der Waals surface area contributed by atoms with Gasteiger partial charge in [-0.25, -0.2) is 4.98 Å². The van der Waals surface area contributed by atoms with Gasteiger partial charge in [0, 0.05) is 19.3 Å². The van der Waals surface area contributed by atoms with E-state index in [1.165, 1.54) is 5.56 Å². The fourth-order valence-corrected chi connectivity index (χ4v) is 2.11. The summed E-state index contributed by atoms with van der Waals surface area (Å²) in [6.45, 7) is 2.19. The zero-order valence-electron chi connectivity index (χ0n) is 11.4. The van der Waals surface area contributed by atoms with E-state index < -0.39 is 0 Å². The van der Waals surface area contributed by atoms with Crippen molar-refractivity contribution in [1.29, 1.82) is 5.26 Å². The molecule has 0 radical (unpaired) electrons. The number of rotatable bonds is 6. The molecule has 0 aliphatic heterocycles. The van der Waals surface area contributed by atoms with E-state index >= 15 is 0 Å². The molecule has 1 heterocycles. The summed E-state index contributed by atoms with van der Waals surface area (Å²) in [5.74, 6) is 0. The zero-order valence-corrected chi connectivity index (χ0v) is 11.4. The normalized spacial score (nSPS) is 10.0. The van der Waals surface area contributed by atoms with Crippen LogP contribution in [0.25, 0.3) is 0 Å². The monoisotopic (exact) mass is 266 g/mol. The molecule has 4 heteroatoms. The molecular formula is C16H18N4. The standard InChI is InChI=1S/C16H18N4/c17-9-5-11-20(13-14-6-2-1-3-7-14)16-8-4-10-19-15(16)12-18/h1-4,6-8,10H,5,9,11,13,17H2. The fraction of sp³-hybridized carbons (Fsp3) is 0.250. The van der Waals surface area contributed by atoms with E-state index in [9.17, 15) is 5.26 Å². The second-order valence-corrected chi connectivity index (χ2v) is 4.53. The summed E-state index contributed by atoms with van der Waals surface area (Å²) < 4.78 is 0. The lowest BCUT2D eigenvalue weighted by Crippen LogP contribution is -2.26. The minimum absolute atomic E-state index is 0.459. The van der Waals surface area contributed by atoms with Crippen molar-refractivity contribution in [2.75, 3.05) is 18.0 Å². The first-order valence-corrected chi connectivity index (χ1v) is 6.69. The highest BCUT2D eigenvalue weighted by Gasteiger charge is 2.12. The maximum absolute atomic E-state index is 9.19. The largest absolute Gasteiger partial charge is 0.365 e. The van der Waals surface area contributed by atoms with E-state index in [2.05, 4.69) is 28.1 Å². The van der Waals surface area contributed by atoms with Gasteiger partial charge < -0.3 is 10.6 Å². The third-order valence-corrected chi connectivity index (χ3v) is 3.08. The summed E-state index contributed by atoms with van der Waals surface area (Å²) in [6, 6.07) is 16.1. The first-order valence-electron chi connectivity index (χ1n) is 6.69. The number of nitrogens with two attached hydrogens (primary N) is 1. The van der Waals surface area contributed by atoms with Crippen LogP contribution >= 0.6 is 0 Å². The topological polar surface area (TPSA) is 65.9 Å². The number of nitrogens with zero attached hydrogens (tertiary/aromatic N) is 3. The van der Waals surface area contributed by atoms with Crippen LogP contribution in [0.15, 0.2) is 48.7 Å². The van der Waals surface area contributed by atoms with Crippen LogP contribution in [-0.4, -0.2) is 18.1 Å². The van der Waals surface area contributed by atoms with Crippen LogP contribution in [0.3, 0.4) is 0 Å². The molecule has 1 aromatic carbocycles. The third-order valence-electron chi connectivity index (χ3n) is 3.08. The first kappa shape index (κ1) is 14.0. The number of anilines is 1. The molecule has 2 N–H and O–H groups in total. The van der Waals surface area contributed by atoms with Crippen molar-refractivity contribution < 1.29 is 0 Å². The Labute approximate surface area is 119 Å². The lowest BCUT2D eigenvalue weighted by Gasteiger charge is -2.25. The number of benzene rings is 1. The van der Waals surface area contributed by atoms with Gasteiger partial charge in [-0.3, -0.25) is 0 Å². The van der Waals surface area contributed by atoms with E-state index in [0.29, 0.717) is 12.2 Å². The molecule has 0 aliphatic rings. The summed E-state index contributed by atoms with van der Waals surface area (Å²) in [5.41, 5.74) is 8.14. The van der Waals surface area contributed by atoms with Crippen LogP contribution in [0.1, 0.15) is 17.7 Å². The van der Waals surface area contributed by atoms with E-state index in [1.54, 1.807) is 6.20 Å². The summed E-state index contributed by atoms with van der Waals surface area (Å²) in [7, 11) is 0. The van der Waals surface area contributed by atoms with Gasteiger partial charge in [0.2, 0.25) is 0 Å². The number of aromatic nitrogens is 1. The van der Waals surface area contributed by atoms with Crippen LogP contribution in [0.5, 0.6) is 0 Å². The Morgan fingerprint density at radius 3 is 2.65 bits per heavy atom. The van der Waals surface area contributed by atoms with Crippen molar-refractivity contribution in [1.82, 2.24) is 4.98 Å². The molecule has 0 amide bonds. The first-order chi connectivity index (χ1) is 9.85. The number of pyridine rings is 1. The van der Waals surface area contributed by atoms with Crippen molar-refractivity contribution in [3.63, 3.8) is 0 Å². The van der Waals surface area contributed by atoms with Crippen LogP contribution < -0.4 is 10.6 Å². The average Bonchev–Trinajstić information content (AvgIpc) is 2.52. The Bertz CT molecular complexity index is 575. The third kappa shape index (κ3) is 3.56. The number of hydrogen-bond acceptors (Lipinski definition) is 4. The minimum atomic E-state index is 0.459. The van der Waals surface area contributed by atoms with Gasteiger partial charge in [0.25, 0.3) is 0 Å². The van der Waals surface area contributed by atoms with E-state index in [1.807, 2.05) is 30.3 Å². The molecule has 20 heavy (non-hydrogen) atoms. The van der Waals surface area contributed by atoms with Gasteiger partial charge in [-0.1, -0.05) is 30.3 Å². The van der Waals surface area contributed by atoms with Gasteiger partial charge in [0.05, 0.1) is 5.69 Å². The molecule has 4 nitrogen and oxygen atoms in total. The summed E-state index contributed by atoms with van der Waals surface area (Å²) in [5, 5.41) is 9.19. The van der Waals surface area contributed by atoms with Gasteiger partial charge in [-0.2, -0.15) is 5.26 Å². The highest BCUT2D eigenvalue weighted by atomic mass is 15.1. The van der Waals surface area contributed by atoms with Crippen LogP contribution in [0.4, 0.5) is 5.69 Å². The van der Waals surface area contributed by atoms with E-state index in [0.717, 1.165) is 25.2 Å². The van der Waals surface area contributed by atoms with Gasteiger partial charge in [0.15, 0.2) is 5.69 Å². The van der Waals surface area contributed by atoms with Crippen molar-refractivity contribution >= 4 is 5.69 Å². The Balaban J connectivity index is 2.25. The Kier molecular flexibility index (Phi) is 5.10. The lowest BCUT2D eigenvalue weighted by atomic mass is 10.2. The van der Waals surface area contributed by atoms with Crippen molar-refractivity contribution in [3.8, 4) is 6.07 Å². The molecule has 0 bridgehead atoms. The van der Waals surface area contributed by atoms with Crippen LogP contribution in [0, 0.1) is 11.3 Å². The highest BCUT2D eigenvalue weighted by Crippen LogP contribution is 2.20. The Hall–Kier alpha value is -2.38. The second-order valence-electron chi connectivity index (χ2n) is 4.53. The molecule has 0 spiro atoms. The zero-order chi connectivity index (χ0) is 14.2. The number of nitriles is 1. The second kappa shape index (κ2) is 7.27. The van der Waals surface area contributed by atoms with Crippen LogP contribution in [0.2, 0.25) is 0 Å². The van der Waals surface area contributed by atoms with E-state index in [4.69, 9.17) is 5.73 Å². The minimum Gasteiger partial charge on any atom is -0.365 e. The molecule has 0 saturated heterocycles. The maximum atomic E-state index is 9.19. The average molecular weight is 266 g/mol. The van der Waals surface area contributed by atoms with Gasteiger partial charge >= 0.3 is 0 Å². The molecule has 2 aromatic rings. The molecule has 0 atom stereocenters. The fourth-order valence-electron chi connectivity index (χ4n) is 2.11. The van der Waals surface area contributed by atoms with Crippen LogP contribution in [-0.2, 0) is 6.54 Å². The van der Waals surface area contributed by atoms with Gasteiger partial charge in [-0.15, -0.1) is 0 Å². The number of hydrogen-bond donors (Lipinski definition) is 1. The molecule has 102 valence electrons. The molecule has 1 aromatic heterocycles. The quantitative estimate of drug-likeness (QED) is 0.871. The predicted molar refractivity (Wildman–Crippen MR) is 80.1 cm³/mol. The Morgan fingerprint density at radius 2 is 1.95 bits per heavy atom. The molecule has 0 fully saturated rings. The highest BCUT2D eigenvalue weighted by molar-refractivity contribution is 5.55. The molecule has 0 saturated carbocycles. The Morgan fingerprint density at radius 1 is 1.15 bits per heavy atom. The van der Waals surface area contributed by atoms with E-state index in [-0.39, 0.29) is 0 Å². The van der Waals surface area contributed by atoms with Gasteiger partial charge in [0.1, 0.15) is 6.07 Å². The van der Waals surface area contributed by atoms with Crippen molar-refractivity contribution in [2.45, 2.75) is 13.0 Å². The van der Waals surface area contributed by atoms with Gasteiger partial charge in [-0.05, 0) is 30.7 Å². The maximum Gasteiger partial charge on any atom is 0.163 e. The summed E-state index contributed by atoms with van der Waals surface area (Å²) in [6.07, 6.45) is 2.53. The molecule has 0 unspecified atom stereocenters. The molecular weight excluding hydrogens is 248 g/mol. The van der Waals surface area contributed by atoms with Crippen molar-refractivity contribution in [3.05, 3.63) is 59.9 Å². The lowest BCUT2D eigenvalue weighted by molar-refractivity contribution is 0.733. The SMILES string of the molecule is N#Cc1ncccc1N(CCCN)Cc1ccccc1. The molecule has 0 aliphatic carbocycles. The molecule has 2 rings (SSSR count). The van der Waals surface area contributed by atoms with Crippen molar-refractivity contribution in [2.24, 2.45) is 5.73 Å².